The molecule has 0 aliphatic heterocycles. The van der Waals surface area contributed by atoms with Crippen molar-refractivity contribution in [2.45, 2.75) is 13.1 Å². The van der Waals surface area contributed by atoms with E-state index in [0.717, 1.165) is 22.6 Å². The molecule has 6 heteroatoms. The van der Waals surface area contributed by atoms with E-state index >= 15 is 0 Å². The fourth-order valence-electron chi connectivity index (χ4n) is 2.55. The molecule has 2 aromatic rings. The Balaban J connectivity index is 2.14. The second-order valence-corrected chi connectivity index (χ2v) is 5.33. The summed E-state index contributed by atoms with van der Waals surface area (Å²) in [6.45, 7) is 1.22. The minimum Gasteiger partial charge on any atom is -0.497 e. The van der Waals surface area contributed by atoms with E-state index in [1.54, 1.807) is 35.5 Å². The number of hydrogen-bond donors (Lipinski definition) is 1. The van der Waals surface area contributed by atoms with Crippen LogP contribution in [0.1, 0.15) is 11.1 Å². The van der Waals surface area contributed by atoms with Crippen molar-refractivity contribution < 1.29 is 23.7 Å². The van der Waals surface area contributed by atoms with Gasteiger partial charge in [0.1, 0.15) is 28.7 Å². The second kappa shape index (κ2) is 9.03. The van der Waals surface area contributed by atoms with Gasteiger partial charge in [-0.2, -0.15) is 0 Å². The van der Waals surface area contributed by atoms with Gasteiger partial charge in [-0.3, -0.25) is 0 Å². The van der Waals surface area contributed by atoms with E-state index in [1.807, 2.05) is 30.3 Å². The summed E-state index contributed by atoms with van der Waals surface area (Å²) in [7, 11) is 8.15. The lowest BCUT2D eigenvalue weighted by molar-refractivity contribution is 0.366. The molecule has 0 amide bonds. The Kier molecular flexibility index (Phi) is 6.77. The van der Waals surface area contributed by atoms with E-state index in [-0.39, 0.29) is 0 Å². The van der Waals surface area contributed by atoms with Crippen LogP contribution in [-0.4, -0.2) is 35.5 Å². The predicted molar refractivity (Wildman–Crippen MR) is 96.2 cm³/mol. The van der Waals surface area contributed by atoms with Gasteiger partial charge in [0.15, 0.2) is 0 Å². The molecule has 6 nitrogen and oxygen atoms in total. The highest BCUT2D eigenvalue weighted by Gasteiger charge is 2.13. The monoisotopic (exact) mass is 347 g/mol. The van der Waals surface area contributed by atoms with E-state index in [1.165, 1.54) is 0 Å². The third kappa shape index (κ3) is 4.70. The molecule has 2 rings (SSSR count). The summed E-state index contributed by atoms with van der Waals surface area (Å²) in [6, 6.07) is 9.47. The molecule has 0 saturated heterocycles. The Morgan fingerprint density at radius 1 is 0.600 bits per heavy atom. The van der Waals surface area contributed by atoms with Crippen molar-refractivity contribution in [1.82, 2.24) is 5.32 Å². The molecule has 0 radical (unpaired) electrons. The molecule has 0 aromatic heterocycles. The molecule has 0 aliphatic rings. The van der Waals surface area contributed by atoms with Gasteiger partial charge in [0.25, 0.3) is 0 Å². The van der Waals surface area contributed by atoms with E-state index in [4.69, 9.17) is 23.7 Å². The first-order chi connectivity index (χ1) is 12.1. The average Bonchev–Trinajstić information content (AvgIpc) is 2.67. The van der Waals surface area contributed by atoms with Crippen molar-refractivity contribution in [3.63, 3.8) is 0 Å². The summed E-state index contributed by atoms with van der Waals surface area (Å²) in [4.78, 5) is 0. The Morgan fingerprint density at radius 3 is 1.52 bits per heavy atom. The normalized spacial score (nSPS) is 10.3. The maximum Gasteiger partial charge on any atom is 0.130 e. The zero-order chi connectivity index (χ0) is 18.2. The molecule has 136 valence electrons. The Hall–Kier alpha value is -2.60. The zero-order valence-corrected chi connectivity index (χ0v) is 15.3. The first-order valence-corrected chi connectivity index (χ1v) is 7.86. The van der Waals surface area contributed by atoms with Crippen molar-refractivity contribution in [2.24, 2.45) is 0 Å². The predicted octanol–water partition coefficient (Wildman–Crippen LogP) is 3.02. The molecular formula is C19H25NO5. The second-order valence-electron chi connectivity index (χ2n) is 5.33. The van der Waals surface area contributed by atoms with Crippen LogP contribution in [0.5, 0.6) is 28.7 Å². The lowest BCUT2D eigenvalue weighted by atomic mass is 10.1. The summed E-state index contributed by atoms with van der Waals surface area (Å²) < 4.78 is 26.8. The van der Waals surface area contributed by atoms with Crippen LogP contribution in [0.15, 0.2) is 30.3 Å². The van der Waals surface area contributed by atoms with E-state index in [2.05, 4.69) is 5.32 Å². The highest BCUT2D eigenvalue weighted by Crippen LogP contribution is 2.34. The van der Waals surface area contributed by atoms with Gasteiger partial charge in [0.05, 0.1) is 41.1 Å². The maximum atomic E-state index is 5.47. The SMILES string of the molecule is COc1cc(CNCc2c(OC)cc(OC)cc2OC)cc(OC)c1. The lowest BCUT2D eigenvalue weighted by Gasteiger charge is -2.16. The molecule has 0 atom stereocenters. The van der Waals surface area contributed by atoms with Gasteiger partial charge in [0.2, 0.25) is 0 Å². The zero-order valence-electron chi connectivity index (χ0n) is 15.3. The Morgan fingerprint density at radius 2 is 1.08 bits per heavy atom. The van der Waals surface area contributed by atoms with Gasteiger partial charge in [-0.15, -0.1) is 0 Å². The average molecular weight is 347 g/mol. The van der Waals surface area contributed by atoms with Crippen molar-refractivity contribution in [2.75, 3.05) is 35.5 Å². The van der Waals surface area contributed by atoms with Crippen LogP contribution < -0.4 is 29.0 Å². The van der Waals surface area contributed by atoms with Crippen molar-refractivity contribution in [3.8, 4) is 28.7 Å². The molecule has 0 unspecified atom stereocenters. The summed E-state index contributed by atoms with van der Waals surface area (Å²) in [5.74, 6) is 3.64. The smallest absolute Gasteiger partial charge is 0.130 e. The number of hydrogen-bond acceptors (Lipinski definition) is 6. The third-order valence-corrected chi connectivity index (χ3v) is 3.86. The molecule has 2 aromatic carbocycles. The van der Waals surface area contributed by atoms with Crippen molar-refractivity contribution in [1.29, 1.82) is 0 Å². The van der Waals surface area contributed by atoms with Crippen LogP contribution in [-0.2, 0) is 13.1 Å². The molecule has 0 spiro atoms. The van der Waals surface area contributed by atoms with Gasteiger partial charge in [0, 0.05) is 31.3 Å². The van der Waals surface area contributed by atoms with Crippen molar-refractivity contribution >= 4 is 0 Å². The van der Waals surface area contributed by atoms with Gasteiger partial charge >= 0.3 is 0 Å². The topological polar surface area (TPSA) is 58.2 Å². The summed E-state index contributed by atoms with van der Waals surface area (Å²) in [5.41, 5.74) is 1.99. The summed E-state index contributed by atoms with van der Waals surface area (Å²) >= 11 is 0. The van der Waals surface area contributed by atoms with Crippen LogP contribution >= 0.6 is 0 Å². The molecule has 25 heavy (non-hydrogen) atoms. The third-order valence-electron chi connectivity index (χ3n) is 3.86. The maximum absolute atomic E-state index is 5.47. The first-order valence-electron chi connectivity index (χ1n) is 7.86. The molecule has 0 saturated carbocycles. The van der Waals surface area contributed by atoms with Gasteiger partial charge in [-0.1, -0.05) is 0 Å². The lowest BCUT2D eigenvalue weighted by Crippen LogP contribution is -2.14. The summed E-state index contributed by atoms with van der Waals surface area (Å²) in [6.07, 6.45) is 0. The molecule has 1 N–H and O–H groups in total. The number of nitrogens with one attached hydrogen (secondary N) is 1. The highest BCUT2D eigenvalue weighted by atomic mass is 16.5. The van der Waals surface area contributed by atoms with E-state index in [0.29, 0.717) is 30.3 Å². The largest absolute Gasteiger partial charge is 0.497 e. The van der Waals surface area contributed by atoms with Crippen LogP contribution in [0.4, 0.5) is 0 Å². The van der Waals surface area contributed by atoms with Crippen LogP contribution in [0.3, 0.4) is 0 Å². The minimum absolute atomic E-state index is 0.579. The van der Waals surface area contributed by atoms with Crippen molar-refractivity contribution in [3.05, 3.63) is 41.5 Å². The Labute approximate surface area is 148 Å². The standard InChI is InChI=1S/C19H25NO5/c1-21-14-6-13(7-15(8-14)22-2)11-20-12-17-18(24-4)9-16(23-3)10-19(17)25-5/h6-10,20H,11-12H2,1-5H3. The van der Waals surface area contributed by atoms with Gasteiger partial charge < -0.3 is 29.0 Å². The highest BCUT2D eigenvalue weighted by molar-refractivity contribution is 5.50. The first kappa shape index (κ1) is 18.7. The van der Waals surface area contributed by atoms with Crippen LogP contribution in [0.25, 0.3) is 0 Å². The van der Waals surface area contributed by atoms with E-state index < -0.39 is 0 Å². The quantitative estimate of drug-likeness (QED) is 0.752. The fourth-order valence-corrected chi connectivity index (χ4v) is 2.55. The van der Waals surface area contributed by atoms with Crippen LogP contribution in [0, 0.1) is 0 Å². The summed E-state index contributed by atoms with van der Waals surface area (Å²) in [5, 5.41) is 3.40. The molecule has 0 aliphatic carbocycles. The number of methoxy groups -OCH3 is 5. The number of rotatable bonds is 9. The molecule has 0 fully saturated rings. The van der Waals surface area contributed by atoms with Gasteiger partial charge in [-0.05, 0) is 17.7 Å². The Bertz CT molecular complexity index is 655. The molecule has 0 heterocycles. The molecule has 0 bridgehead atoms. The number of benzene rings is 2. The molecular weight excluding hydrogens is 322 g/mol. The number of ether oxygens (including phenoxy) is 5. The van der Waals surface area contributed by atoms with E-state index in [9.17, 15) is 0 Å². The van der Waals surface area contributed by atoms with Crippen LogP contribution in [0.2, 0.25) is 0 Å². The minimum atomic E-state index is 0.579. The fraction of sp³-hybridized carbons (Fsp3) is 0.368. The van der Waals surface area contributed by atoms with Gasteiger partial charge in [-0.25, -0.2) is 0 Å².